The second kappa shape index (κ2) is 4.86. The first-order chi connectivity index (χ1) is 5.43. The van der Waals surface area contributed by atoms with E-state index in [0.29, 0.717) is 11.5 Å². The monoisotopic (exact) mass is 168 g/mol. The molecule has 0 amide bonds. The van der Waals surface area contributed by atoms with Gasteiger partial charge in [-0.1, -0.05) is 19.9 Å². The van der Waals surface area contributed by atoms with Crippen molar-refractivity contribution in [3.8, 4) is 0 Å². The minimum absolute atomic E-state index is 0.00102. The summed E-state index contributed by atoms with van der Waals surface area (Å²) in [5.74, 6) is 0.360. The summed E-state index contributed by atoms with van der Waals surface area (Å²) >= 11 is 0. The Morgan fingerprint density at radius 2 is 1.75 bits per heavy atom. The number of Topliss-reactive ketones (excluding diaryl/α,β-unsaturated/α-hetero) is 2. The molecule has 2 heteroatoms. The molecule has 0 aromatic carbocycles. The van der Waals surface area contributed by atoms with Crippen molar-refractivity contribution in [2.45, 2.75) is 34.1 Å². The fraction of sp³-hybridized carbons (Fsp3) is 0.600. The van der Waals surface area contributed by atoms with Crippen molar-refractivity contribution in [1.82, 2.24) is 0 Å². The number of allylic oxidation sites excluding steroid dienone is 2. The van der Waals surface area contributed by atoms with Crippen molar-refractivity contribution in [3.05, 3.63) is 11.6 Å². The molecular weight excluding hydrogens is 152 g/mol. The molecule has 0 aromatic heterocycles. The smallest absolute Gasteiger partial charge is 0.155 e. The number of carbonyl (C=O) groups excluding carboxylic acids is 2. The molecular formula is C10H16O2. The lowest BCUT2D eigenvalue weighted by molar-refractivity contribution is -0.119. The largest absolute Gasteiger partial charge is 0.300 e. The second-order valence-electron chi connectivity index (χ2n) is 3.37. The minimum Gasteiger partial charge on any atom is -0.300 e. The Balaban J connectivity index is 4.44. The van der Waals surface area contributed by atoms with Gasteiger partial charge in [0.1, 0.15) is 5.78 Å². The maximum Gasteiger partial charge on any atom is 0.155 e. The molecule has 0 unspecified atom stereocenters. The Morgan fingerprint density at radius 3 is 2.00 bits per heavy atom. The summed E-state index contributed by atoms with van der Waals surface area (Å²) in [7, 11) is 0. The Kier molecular flexibility index (Phi) is 4.49. The summed E-state index contributed by atoms with van der Waals surface area (Å²) in [5.41, 5.74) is 0.637. The van der Waals surface area contributed by atoms with Gasteiger partial charge in [0.15, 0.2) is 5.78 Å². The van der Waals surface area contributed by atoms with Crippen molar-refractivity contribution in [3.63, 3.8) is 0 Å². The molecule has 12 heavy (non-hydrogen) atoms. The highest BCUT2D eigenvalue weighted by molar-refractivity contribution is 5.98. The second-order valence-corrected chi connectivity index (χ2v) is 3.37. The first-order valence-corrected chi connectivity index (χ1v) is 4.14. The number of hydrogen-bond acceptors (Lipinski definition) is 2. The lowest BCUT2D eigenvalue weighted by atomic mass is 10.0. The maximum absolute atomic E-state index is 11.0. The Bertz CT molecular complexity index is 212. The number of carbonyl (C=O) groups is 2. The van der Waals surface area contributed by atoms with Gasteiger partial charge >= 0.3 is 0 Å². The van der Waals surface area contributed by atoms with E-state index in [1.165, 1.54) is 13.8 Å². The van der Waals surface area contributed by atoms with Crippen molar-refractivity contribution in [2.75, 3.05) is 0 Å². The van der Waals surface area contributed by atoms with Crippen LogP contribution in [-0.4, -0.2) is 11.6 Å². The van der Waals surface area contributed by atoms with E-state index in [9.17, 15) is 9.59 Å². The lowest BCUT2D eigenvalue weighted by Gasteiger charge is -2.02. The van der Waals surface area contributed by atoms with E-state index in [4.69, 9.17) is 0 Å². The molecule has 0 atom stereocenters. The highest BCUT2D eigenvalue weighted by Crippen LogP contribution is 2.08. The Labute approximate surface area is 73.7 Å². The Morgan fingerprint density at radius 1 is 1.25 bits per heavy atom. The van der Waals surface area contributed by atoms with Gasteiger partial charge in [0, 0.05) is 6.42 Å². The number of ketones is 2. The highest BCUT2D eigenvalue weighted by atomic mass is 16.1. The third-order valence-corrected chi connectivity index (χ3v) is 1.43. The summed E-state index contributed by atoms with van der Waals surface area (Å²) < 4.78 is 0. The van der Waals surface area contributed by atoms with Gasteiger partial charge in [-0.05, 0) is 25.3 Å². The van der Waals surface area contributed by atoms with Crippen LogP contribution in [0.5, 0.6) is 0 Å². The summed E-state index contributed by atoms with van der Waals surface area (Å²) in [6.45, 7) is 6.97. The predicted molar refractivity (Wildman–Crippen MR) is 48.9 cm³/mol. The summed E-state index contributed by atoms with van der Waals surface area (Å²) in [4.78, 5) is 21.7. The third-order valence-electron chi connectivity index (χ3n) is 1.43. The van der Waals surface area contributed by atoms with Crippen LogP contribution in [-0.2, 0) is 9.59 Å². The van der Waals surface area contributed by atoms with Crippen LogP contribution in [0.15, 0.2) is 11.6 Å². The van der Waals surface area contributed by atoms with Gasteiger partial charge in [-0.3, -0.25) is 9.59 Å². The average molecular weight is 168 g/mol. The van der Waals surface area contributed by atoms with Crippen LogP contribution in [0.4, 0.5) is 0 Å². The molecule has 0 heterocycles. The van der Waals surface area contributed by atoms with Crippen molar-refractivity contribution < 1.29 is 9.59 Å². The van der Waals surface area contributed by atoms with E-state index in [-0.39, 0.29) is 18.0 Å². The zero-order chi connectivity index (χ0) is 9.72. The molecule has 0 saturated carbocycles. The summed E-state index contributed by atoms with van der Waals surface area (Å²) in [6, 6.07) is 0. The van der Waals surface area contributed by atoms with Crippen LogP contribution < -0.4 is 0 Å². The quantitative estimate of drug-likeness (QED) is 0.603. The van der Waals surface area contributed by atoms with Crippen LogP contribution >= 0.6 is 0 Å². The van der Waals surface area contributed by atoms with Gasteiger partial charge in [-0.25, -0.2) is 0 Å². The maximum atomic E-state index is 11.0. The molecule has 2 nitrogen and oxygen atoms in total. The van der Waals surface area contributed by atoms with Gasteiger partial charge in [0.2, 0.25) is 0 Å². The minimum atomic E-state index is -0.00102. The van der Waals surface area contributed by atoms with Crippen LogP contribution in [0, 0.1) is 5.92 Å². The standard InChI is InChI=1S/C10H16O2/c1-7(2)5-10(9(4)12)6-8(3)11/h5,7H,6H2,1-4H3/b10-5+. The van der Waals surface area contributed by atoms with Crippen molar-refractivity contribution in [1.29, 1.82) is 0 Å². The van der Waals surface area contributed by atoms with E-state index in [2.05, 4.69) is 0 Å². The average Bonchev–Trinajstić information content (AvgIpc) is 1.83. The van der Waals surface area contributed by atoms with Crippen molar-refractivity contribution in [2.24, 2.45) is 5.92 Å². The Hall–Kier alpha value is -0.920. The van der Waals surface area contributed by atoms with Gasteiger partial charge in [0.25, 0.3) is 0 Å². The molecule has 0 aliphatic carbocycles. The highest BCUT2D eigenvalue weighted by Gasteiger charge is 2.06. The zero-order valence-corrected chi connectivity index (χ0v) is 8.18. The molecule has 0 bridgehead atoms. The van der Waals surface area contributed by atoms with Crippen LogP contribution in [0.1, 0.15) is 34.1 Å². The topological polar surface area (TPSA) is 34.1 Å². The van der Waals surface area contributed by atoms with E-state index in [1.807, 2.05) is 19.9 Å². The summed E-state index contributed by atoms with van der Waals surface area (Å²) in [5, 5.41) is 0. The predicted octanol–water partition coefficient (Wildman–Crippen LogP) is 2.14. The van der Waals surface area contributed by atoms with Crippen LogP contribution in [0.2, 0.25) is 0 Å². The van der Waals surface area contributed by atoms with E-state index >= 15 is 0 Å². The van der Waals surface area contributed by atoms with Gasteiger partial charge in [0.05, 0.1) is 0 Å². The molecule has 0 aliphatic rings. The molecule has 0 saturated heterocycles. The SMILES string of the molecule is CC(=O)C/C(=C\C(C)C)C(C)=O. The van der Waals surface area contributed by atoms with E-state index in [0.717, 1.165) is 0 Å². The van der Waals surface area contributed by atoms with E-state index in [1.54, 1.807) is 0 Å². The molecule has 0 spiro atoms. The fourth-order valence-corrected chi connectivity index (χ4v) is 0.971. The zero-order valence-electron chi connectivity index (χ0n) is 8.18. The molecule has 0 aromatic rings. The number of hydrogen-bond donors (Lipinski definition) is 0. The van der Waals surface area contributed by atoms with Crippen molar-refractivity contribution >= 4 is 11.6 Å². The first-order valence-electron chi connectivity index (χ1n) is 4.14. The molecule has 0 radical (unpaired) electrons. The van der Waals surface area contributed by atoms with E-state index < -0.39 is 0 Å². The van der Waals surface area contributed by atoms with Crippen LogP contribution in [0.3, 0.4) is 0 Å². The molecule has 0 N–H and O–H groups in total. The first kappa shape index (κ1) is 11.1. The van der Waals surface area contributed by atoms with Crippen LogP contribution in [0.25, 0.3) is 0 Å². The number of rotatable bonds is 4. The third kappa shape index (κ3) is 4.83. The van der Waals surface area contributed by atoms with Gasteiger partial charge in [-0.15, -0.1) is 0 Å². The fourth-order valence-electron chi connectivity index (χ4n) is 0.971. The lowest BCUT2D eigenvalue weighted by Crippen LogP contribution is -2.03. The molecule has 0 fully saturated rings. The molecule has 0 rings (SSSR count). The normalized spacial score (nSPS) is 11.9. The van der Waals surface area contributed by atoms with Gasteiger partial charge < -0.3 is 0 Å². The summed E-state index contributed by atoms with van der Waals surface area (Å²) in [6.07, 6.45) is 2.12. The molecule has 0 aliphatic heterocycles. The molecule has 68 valence electrons. The van der Waals surface area contributed by atoms with Gasteiger partial charge in [-0.2, -0.15) is 0 Å².